The number of hydrogen-bond donors (Lipinski definition) is 0. The second-order valence-corrected chi connectivity index (χ2v) is 14.6. The second kappa shape index (κ2) is 11.6. The Morgan fingerprint density at radius 2 is 1.27 bits per heavy atom. The van der Waals surface area contributed by atoms with Crippen LogP contribution in [0.15, 0.2) is 168 Å². The van der Waals surface area contributed by atoms with E-state index in [0.717, 1.165) is 40.9 Å². The van der Waals surface area contributed by atoms with E-state index in [0.29, 0.717) is 0 Å². The lowest BCUT2D eigenvalue weighted by Gasteiger charge is -2.28. The summed E-state index contributed by atoms with van der Waals surface area (Å²) in [5, 5.41) is 7.48. The van der Waals surface area contributed by atoms with Crippen LogP contribution in [0.2, 0.25) is 0 Å². The topological polar surface area (TPSA) is 21.3 Å². The van der Waals surface area contributed by atoms with Crippen molar-refractivity contribution in [3.05, 3.63) is 174 Å². The highest BCUT2D eigenvalue weighted by Gasteiger charge is 2.23. The Hall–Kier alpha value is -6.36. The van der Waals surface area contributed by atoms with Gasteiger partial charge < -0.3 is 13.9 Å². The van der Waals surface area contributed by atoms with E-state index in [1.807, 2.05) is 11.3 Å². The lowest BCUT2D eigenvalue weighted by atomic mass is 10.0. The van der Waals surface area contributed by atoms with Crippen molar-refractivity contribution in [3.8, 4) is 16.8 Å². The summed E-state index contributed by atoms with van der Waals surface area (Å²) in [6.07, 6.45) is 4.16. The molecule has 52 heavy (non-hydrogen) atoms. The maximum absolute atomic E-state index is 6.71. The van der Waals surface area contributed by atoms with Gasteiger partial charge >= 0.3 is 0 Å². The largest absolute Gasteiger partial charge is 0.454 e. The fourth-order valence-electron chi connectivity index (χ4n) is 8.34. The average Bonchev–Trinajstić information content (AvgIpc) is 3.89. The summed E-state index contributed by atoms with van der Waals surface area (Å²) < 4.78 is 11.8. The highest BCUT2D eigenvalue weighted by atomic mass is 32.1. The number of hydrogen-bond acceptors (Lipinski definition) is 3. The summed E-state index contributed by atoms with van der Waals surface area (Å²) in [5.41, 5.74) is 11.3. The van der Waals surface area contributed by atoms with E-state index in [9.17, 15) is 0 Å². The Bertz CT molecular complexity index is 3130. The van der Waals surface area contributed by atoms with Gasteiger partial charge in [0.1, 0.15) is 5.58 Å². The molecule has 0 spiro atoms. The van der Waals surface area contributed by atoms with Crippen LogP contribution >= 0.6 is 11.3 Å². The maximum Gasteiger partial charge on any atom is 0.154 e. The van der Waals surface area contributed by atoms with Gasteiger partial charge in [-0.05, 0) is 78.6 Å². The maximum atomic E-state index is 6.71. The van der Waals surface area contributed by atoms with Crippen molar-refractivity contribution in [3.63, 3.8) is 0 Å². The molecule has 3 nitrogen and oxygen atoms in total. The van der Waals surface area contributed by atoms with Crippen LogP contribution in [0.3, 0.4) is 0 Å². The second-order valence-electron chi connectivity index (χ2n) is 13.6. The molecule has 0 saturated carbocycles. The Morgan fingerprint density at radius 1 is 0.558 bits per heavy atom. The number of aromatic nitrogens is 1. The quantitative estimate of drug-likeness (QED) is 0.180. The third kappa shape index (κ3) is 4.44. The number of anilines is 2. The van der Waals surface area contributed by atoms with Crippen LogP contribution in [0.25, 0.3) is 81.5 Å². The van der Waals surface area contributed by atoms with Crippen molar-refractivity contribution in [1.29, 1.82) is 0 Å². The summed E-state index contributed by atoms with van der Waals surface area (Å²) in [4.78, 5) is 2.43. The molecule has 0 aliphatic heterocycles. The molecule has 0 saturated heterocycles. The fraction of sp³-hybridized carbons (Fsp3) is 0.0417. The average molecular weight is 685 g/mol. The first kappa shape index (κ1) is 29.4. The van der Waals surface area contributed by atoms with Gasteiger partial charge in [-0.2, -0.15) is 0 Å². The molecule has 0 atom stereocenters. The number of fused-ring (bicyclic) bond motifs is 9. The molecular formula is C48H32N2OS. The molecule has 10 aromatic rings. The molecular weight excluding hydrogens is 653 g/mol. The molecule has 1 aliphatic rings. The summed E-state index contributed by atoms with van der Waals surface area (Å²) in [6.45, 7) is 0. The molecule has 1 aliphatic carbocycles. The van der Waals surface area contributed by atoms with Crippen molar-refractivity contribution in [1.82, 2.24) is 4.57 Å². The van der Waals surface area contributed by atoms with Crippen molar-refractivity contribution in [2.24, 2.45) is 0 Å². The van der Waals surface area contributed by atoms with E-state index in [-0.39, 0.29) is 0 Å². The van der Waals surface area contributed by atoms with E-state index < -0.39 is 0 Å². The lowest BCUT2D eigenvalue weighted by Crippen LogP contribution is -2.33. The summed E-state index contributed by atoms with van der Waals surface area (Å²) >= 11 is 1.88. The molecule has 0 radical (unpaired) electrons. The minimum Gasteiger partial charge on any atom is -0.454 e. The summed E-state index contributed by atoms with van der Waals surface area (Å²) in [6, 6.07) is 59.3. The van der Waals surface area contributed by atoms with Crippen LogP contribution in [0.4, 0.5) is 11.4 Å². The first-order valence-electron chi connectivity index (χ1n) is 17.9. The molecule has 3 heterocycles. The number of rotatable bonds is 5. The number of benzene rings is 7. The van der Waals surface area contributed by atoms with Crippen LogP contribution in [0.1, 0.15) is 12.8 Å². The minimum absolute atomic E-state index is 0.870. The van der Waals surface area contributed by atoms with E-state index in [1.165, 1.54) is 69.4 Å². The van der Waals surface area contributed by atoms with Gasteiger partial charge in [0.2, 0.25) is 0 Å². The van der Waals surface area contributed by atoms with Gasteiger partial charge in [-0.3, -0.25) is 0 Å². The first-order chi connectivity index (χ1) is 25.8. The van der Waals surface area contributed by atoms with Crippen LogP contribution in [0.5, 0.6) is 0 Å². The van der Waals surface area contributed by atoms with Crippen molar-refractivity contribution >= 4 is 87.4 Å². The molecule has 7 aromatic carbocycles. The smallest absolute Gasteiger partial charge is 0.154 e. The monoisotopic (exact) mass is 684 g/mol. The number of nitrogens with zero attached hydrogens (tertiary/aromatic N) is 2. The van der Waals surface area contributed by atoms with Crippen molar-refractivity contribution < 1.29 is 4.42 Å². The summed E-state index contributed by atoms with van der Waals surface area (Å²) in [7, 11) is 0. The zero-order chi connectivity index (χ0) is 34.2. The first-order valence-corrected chi connectivity index (χ1v) is 18.7. The highest BCUT2D eigenvalue weighted by Crippen LogP contribution is 2.42. The van der Waals surface area contributed by atoms with Gasteiger partial charge in [-0.15, -0.1) is 11.3 Å². The standard InChI is InChI=1S/C48H32N2OS/c1-2-12-32(13-3-1)50-42-20-7-4-14-36(42)37-29-28-34(30-44(37)50)49(43-21-11-18-40-38-15-5-8-22-45(38)51-47(40)43)33-26-24-31(25-27-33)35-17-10-19-41-39-16-6-9-23-46(39)52-48(35)41/h1-10,12-20,22-30H,11,21H2. The Balaban J connectivity index is 1.14. The zero-order valence-electron chi connectivity index (χ0n) is 28.3. The van der Waals surface area contributed by atoms with Gasteiger partial charge in [-0.1, -0.05) is 115 Å². The van der Waals surface area contributed by atoms with Crippen LogP contribution in [-0.2, 0) is 0 Å². The predicted octanol–water partition coefficient (Wildman–Crippen LogP) is 12.1. The molecule has 4 heteroatoms. The van der Waals surface area contributed by atoms with Gasteiger partial charge in [0, 0.05) is 58.6 Å². The van der Waals surface area contributed by atoms with E-state index >= 15 is 0 Å². The molecule has 0 N–H and O–H groups in total. The number of furan rings is 1. The summed E-state index contributed by atoms with van der Waals surface area (Å²) in [5.74, 6) is 0. The van der Waals surface area contributed by atoms with Gasteiger partial charge in [0.15, 0.2) is 5.42 Å². The van der Waals surface area contributed by atoms with Crippen molar-refractivity contribution in [2.45, 2.75) is 12.8 Å². The van der Waals surface area contributed by atoms with Gasteiger partial charge in [0.05, 0.1) is 16.7 Å². The Morgan fingerprint density at radius 3 is 2.15 bits per heavy atom. The van der Waals surface area contributed by atoms with E-state index in [2.05, 4.69) is 179 Å². The number of para-hydroxylation sites is 3. The predicted molar refractivity (Wildman–Crippen MR) is 220 cm³/mol. The fourth-order valence-corrected chi connectivity index (χ4v) is 9.58. The van der Waals surface area contributed by atoms with E-state index in [4.69, 9.17) is 4.42 Å². The van der Waals surface area contributed by atoms with Crippen LogP contribution in [0, 0.1) is 0 Å². The highest BCUT2D eigenvalue weighted by molar-refractivity contribution is 7.26. The third-order valence-corrected chi connectivity index (χ3v) is 11.9. The molecule has 11 rings (SSSR count). The molecule has 3 aromatic heterocycles. The normalized spacial score (nSPS) is 13.0. The Kier molecular flexibility index (Phi) is 6.55. The van der Waals surface area contributed by atoms with Gasteiger partial charge in [-0.25, -0.2) is 0 Å². The lowest BCUT2D eigenvalue weighted by molar-refractivity contribution is 0.566. The minimum atomic E-state index is 0.870. The molecule has 0 unspecified atom stereocenters. The van der Waals surface area contributed by atoms with Crippen LogP contribution < -0.4 is 15.5 Å². The molecule has 0 amide bonds. The van der Waals surface area contributed by atoms with E-state index in [1.54, 1.807) is 0 Å². The van der Waals surface area contributed by atoms with Crippen LogP contribution in [-0.4, -0.2) is 4.57 Å². The Labute approximate surface area is 304 Å². The molecule has 246 valence electrons. The van der Waals surface area contributed by atoms with Crippen molar-refractivity contribution in [2.75, 3.05) is 4.90 Å². The SMILES string of the molecule is C1=c2c(oc3ccccc23)=C(N(c2ccc(-c3cccc4c3sc3ccccc34)cc2)c2ccc3c4ccccc4n(-c4ccccc4)c3c2)CC1. The molecule has 0 fully saturated rings. The zero-order valence-corrected chi connectivity index (χ0v) is 29.1. The number of thiophene rings is 1. The molecule has 0 bridgehead atoms. The van der Waals surface area contributed by atoms with Gasteiger partial charge in [0.25, 0.3) is 0 Å². The third-order valence-electron chi connectivity index (χ3n) is 10.7.